The SMILES string of the molecule is CCOC(=O)[C@H](CCc1ccccc1)N[C@@H](C)C(=O)N(CC(=O)O)Cc1ccco1. The normalized spacial score (nSPS) is 12.7. The Morgan fingerprint density at radius 2 is 1.90 bits per heavy atom. The van der Waals surface area contributed by atoms with Crippen LogP contribution in [0.4, 0.5) is 0 Å². The van der Waals surface area contributed by atoms with E-state index >= 15 is 0 Å². The number of nitrogens with zero attached hydrogens (tertiary/aromatic N) is 1. The van der Waals surface area contributed by atoms with Crippen molar-refractivity contribution in [2.45, 2.75) is 45.3 Å². The van der Waals surface area contributed by atoms with Gasteiger partial charge in [0.25, 0.3) is 0 Å². The van der Waals surface area contributed by atoms with Crippen LogP contribution in [0.3, 0.4) is 0 Å². The number of nitrogens with one attached hydrogen (secondary N) is 1. The Morgan fingerprint density at radius 3 is 2.50 bits per heavy atom. The molecule has 0 bridgehead atoms. The lowest BCUT2D eigenvalue weighted by atomic mass is 10.0. The van der Waals surface area contributed by atoms with Crippen LogP contribution in [0.1, 0.15) is 31.6 Å². The topological polar surface area (TPSA) is 109 Å². The van der Waals surface area contributed by atoms with Gasteiger partial charge >= 0.3 is 11.9 Å². The number of carbonyl (C=O) groups is 3. The Morgan fingerprint density at radius 1 is 1.17 bits per heavy atom. The first-order valence-electron chi connectivity index (χ1n) is 9.90. The van der Waals surface area contributed by atoms with Gasteiger partial charge in [-0.1, -0.05) is 30.3 Å². The lowest BCUT2D eigenvalue weighted by molar-refractivity contribution is -0.148. The molecule has 2 aromatic rings. The molecule has 2 rings (SSSR count). The van der Waals surface area contributed by atoms with Gasteiger partial charge in [-0.05, 0) is 44.4 Å². The molecule has 1 aromatic carbocycles. The van der Waals surface area contributed by atoms with Crippen molar-refractivity contribution in [3.8, 4) is 0 Å². The van der Waals surface area contributed by atoms with Crippen LogP contribution in [0.5, 0.6) is 0 Å². The van der Waals surface area contributed by atoms with Crippen LogP contribution in [0.15, 0.2) is 53.1 Å². The molecule has 0 radical (unpaired) electrons. The molecular weight excluding hydrogens is 388 g/mol. The molecule has 8 heteroatoms. The summed E-state index contributed by atoms with van der Waals surface area (Å²) in [6.07, 6.45) is 2.53. The van der Waals surface area contributed by atoms with Crippen LogP contribution in [-0.4, -0.2) is 53.1 Å². The number of furan rings is 1. The van der Waals surface area contributed by atoms with Gasteiger partial charge < -0.3 is 19.2 Å². The predicted molar refractivity (Wildman–Crippen MR) is 110 cm³/mol. The largest absolute Gasteiger partial charge is 0.480 e. The maximum Gasteiger partial charge on any atom is 0.323 e. The third kappa shape index (κ3) is 7.36. The molecule has 1 aromatic heterocycles. The molecule has 0 spiro atoms. The number of benzene rings is 1. The van der Waals surface area contributed by atoms with E-state index in [-0.39, 0.29) is 13.2 Å². The maximum atomic E-state index is 12.9. The van der Waals surface area contributed by atoms with Gasteiger partial charge in [0, 0.05) is 0 Å². The quantitative estimate of drug-likeness (QED) is 0.511. The van der Waals surface area contributed by atoms with Gasteiger partial charge in [0.05, 0.1) is 25.5 Å². The number of esters is 1. The Hall–Kier alpha value is -3.13. The summed E-state index contributed by atoms with van der Waals surface area (Å²) in [6.45, 7) is 3.11. The highest BCUT2D eigenvalue weighted by atomic mass is 16.5. The zero-order chi connectivity index (χ0) is 21.9. The second-order valence-corrected chi connectivity index (χ2v) is 6.88. The summed E-state index contributed by atoms with van der Waals surface area (Å²) in [5.41, 5.74) is 1.07. The second-order valence-electron chi connectivity index (χ2n) is 6.88. The van der Waals surface area contributed by atoms with Crippen molar-refractivity contribution < 1.29 is 28.6 Å². The van der Waals surface area contributed by atoms with Gasteiger partial charge in [0.15, 0.2) is 0 Å². The summed E-state index contributed by atoms with van der Waals surface area (Å²) in [5, 5.41) is 12.2. The Balaban J connectivity index is 2.06. The fraction of sp³-hybridized carbons (Fsp3) is 0.409. The molecule has 0 aliphatic rings. The van der Waals surface area contributed by atoms with E-state index in [1.54, 1.807) is 26.0 Å². The first kappa shape index (κ1) is 23.2. The van der Waals surface area contributed by atoms with Gasteiger partial charge in [-0.15, -0.1) is 0 Å². The molecule has 30 heavy (non-hydrogen) atoms. The minimum Gasteiger partial charge on any atom is -0.480 e. The molecule has 0 aliphatic heterocycles. The highest BCUT2D eigenvalue weighted by Gasteiger charge is 2.28. The van der Waals surface area contributed by atoms with E-state index in [4.69, 9.17) is 9.15 Å². The van der Waals surface area contributed by atoms with Crippen molar-refractivity contribution in [3.63, 3.8) is 0 Å². The standard InChI is InChI=1S/C22H28N2O6/c1-3-29-22(28)19(12-11-17-8-5-4-6-9-17)23-16(2)21(27)24(15-20(25)26)14-18-10-7-13-30-18/h4-10,13,16,19,23H,3,11-12,14-15H2,1-2H3,(H,25,26)/t16-,19-/m0/s1. The number of hydrogen-bond donors (Lipinski definition) is 2. The van der Waals surface area contributed by atoms with Gasteiger partial charge in [-0.25, -0.2) is 0 Å². The first-order valence-corrected chi connectivity index (χ1v) is 9.90. The highest BCUT2D eigenvalue weighted by molar-refractivity contribution is 5.86. The van der Waals surface area contributed by atoms with Crippen molar-refractivity contribution in [2.75, 3.05) is 13.2 Å². The molecule has 0 fully saturated rings. The lowest BCUT2D eigenvalue weighted by Crippen LogP contribution is -2.51. The number of aryl methyl sites for hydroxylation is 1. The van der Waals surface area contributed by atoms with Gasteiger partial charge in [0.2, 0.25) is 5.91 Å². The molecule has 162 valence electrons. The molecule has 1 heterocycles. The van der Waals surface area contributed by atoms with Crippen LogP contribution in [0.2, 0.25) is 0 Å². The maximum absolute atomic E-state index is 12.9. The first-order chi connectivity index (χ1) is 14.4. The van der Waals surface area contributed by atoms with Crippen LogP contribution in [0.25, 0.3) is 0 Å². The van der Waals surface area contributed by atoms with E-state index in [0.29, 0.717) is 18.6 Å². The number of carbonyl (C=O) groups excluding carboxylic acids is 2. The molecule has 0 aliphatic carbocycles. The summed E-state index contributed by atoms with van der Waals surface area (Å²) in [4.78, 5) is 37.7. The average Bonchev–Trinajstić information content (AvgIpc) is 3.23. The third-order valence-corrected chi connectivity index (χ3v) is 4.52. The van der Waals surface area contributed by atoms with Crippen molar-refractivity contribution in [3.05, 3.63) is 60.1 Å². The van der Waals surface area contributed by atoms with E-state index < -0.39 is 36.5 Å². The molecular formula is C22H28N2O6. The molecule has 2 atom stereocenters. The van der Waals surface area contributed by atoms with Crippen LogP contribution < -0.4 is 5.32 Å². The van der Waals surface area contributed by atoms with Crippen molar-refractivity contribution in [1.29, 1.82) is 0 Å². The third-order valence-electron chi connectivity index (χ3n) is 4.52. The van der Waals surface area contributed by atoms with E-state index in [0.717, 1.165) is 5.56 Å². The Labute approximate surface area is 175 Å². The number of carboxylic acid groups (broad SMARTS) is 1. The molecule has 0 saturated carbocycles. The number of rotatable bonds is 12. The molecule has 8 nitrogen and oxygen atoms in total. The van der Waals surface area contributed by atoms with Crippen LogP contribution in [-0.2, 0) is 32.1 Å². The minimum atomic E-state index is -1.13. The van der Waals surface area contributed by atoms with Crippen molar-refractivity contribution in [2.24, 2.45) is 0 Å². The number of amides is 1. The van der Waals surface area contributed by atoms with Crippen LogP contribution >= 0.6 is 0 Å². The fourth-order valence-electron chi connectivity index (χ4n) is 3.08. The summed E-state index contributed by atoms with van der Waals surface area (Å²) in [6, 6.07) is 11.6. The monoisotopic (exact) mass is 416 g/mol. The van der Waals surface area contributed by atoms with E-state index in [1.165, 1.54) is 11.2 Å². The van der Waals surface area contributed by atoms with E-state index in [9.17, 15) is 19.5 Å². The van der Waals surface area contributed by atoms with Crippen molar-refractivity contribution in [1.82, 2.24) is 10.2 Å². The summed E-state index contributed by atoms with van der Waals surface area (Å²) in [5.74, 6) is -1.54. The predicted octanol–water partition coefficient (Wildman–Crippen LogP) is 2.24. The lowest BCUT2D eigenvalue weighted by Gasteiger charge is -2.26. The highest BCUT2D eigenvalue weighted by Crippen LogP contribution is 2.10. The Kier molecular flexibility index (Phi) is 9.08. The van der Waals surface area contributed by atoms with Crippen LogP contribution in [0, 0.1) is 0 Å². The van der Waals surface area contributed by atoms with Gasteiger partial charge in [-0.2, -0.15) is 0 Å². The van der Waals surface area contributed by atoms with E-state index in [1.807, 2.05) is 30.3 Å². The fourth-order valence-corrected chi connectivity index (χ4v) is 3.08. The molecule has 0 unspecified atom stereocenters. The summed E-state index contributed by atoms with van der Waals surface area (Å²) in [7, 11) is 0. The smallest absolute Gasteiger partial charge is 0.323 e. The summed E-state index contributed by atoms with van der Waals surface area (Å²) >= 11 is 0. The molecule has 2 N–H and O–H groups in total. The zero-order valence-corrected chi connectivity index (χ0v) is 17.2. The average molecular weight is 416 g/mol. The van der Waals surface area contributed by atoms with Gasteiger partial charge in [-0.3, -0.25) is 19.7 Å². The van der Waals surface area contributed by atoms with Crippen molar-refractivity contribution >= 4 is 17.8 Å². The number of hydrogen-bond acceptors (Lipinski definition) is 6. The summed E-state index contributed by atoms with van der Waals surface area (Å²) < 4.78 is 10.4. The van der Waals surface area contributed by atoms with E-state index in [2.05, 4.69) is 5.32 Å². The zero-order valence-electron chi connectivity index (χ0n) is 17.2. The second kappa shape index (κ2) is 11.8. The molecule has 1 amide bonds. The Bertz CT molecular complexity index is 806. The number of ether oxygens (including phenoxy) is 1. The minimum absolute atomic E-state index is 0.0260. The number of carboxylic acids is 1. The molecule has 0 saturated heterocycles. The van der Waals surface area contributed by atoms with Gasteiger partial charge in [0.1, 0.15) is 18.3 Å². The number of aliphatic carboxylic acids is 1.